The first-order valence-corrected chi connectivity index (χ1v) is 8.47. The molecule has 0 unspecified atom stereocenters. The van der Waals surface area contributed by atoms with Crippen LogP contribution in [0.5, 0.6) is 0 Å². The van der Waals surface area contributed by atoms with Gasteiger partial charge in [0.1, 0.15) is 0 Å². The third kappa shape index (κ3) is 2.90. The van der Waals surface area contributed by atoms with Crippen molar-refractivity contribution in [3.8, 4) is 0 Å². The molecule has 0 spiro atoms. The van der Waals surface area contributed by atoms with Gasteiger partial charge in [-0.15, -0.1) is 0 Å². The maximum absolute atomic E-state index is 6.43. The molecular weight excluding hydrogens is 272 g/mol. The lowest BCUT2D eigenvalue weighted by molar-refractivity contribution is -0.312. The van der Waals surface area contributed by atoms with Crippen molar-refractivity contribution in [2.75, 3.05) is 6.61 Å². The van der Waals surface area contributed by atoms with Gasteiger partial charge in [0.2, 0.25) is 0 Å². The van der Waals surface area contributed by atoms with Crippen LogP contribution in [-0.4, -0.2) is 12.7 Å². The molecule has 2 aromatic rings. The summed E-state index contributed by atoms with van der Waals surface area (Å²) in [5, 5.41) is 2.49. The van der Waals surface area contributed by atoms with Crippen molar-refractivity contribution in [2.45, 2.75) is 51.9 Å². The van der Waals surface area contributed by atoms with E-state index in [9.17, 15) is 0 Å². The molecule has 1 saturated heterocycles. The molecule has 0 N–H and O–H groups in total. The minimum absolute atomic E-state index is 0.292. The van der Waals surface area contributed by atoms with Crippen LogP contribution in [0.3, 0.4) is 0 Å². The van der Waals surface area contributed by atoms with Gasteiger partial charge in [-0.1, -0.05) is 56.7 Å². The summed E-state index contributed by atoms with van der Waals surface area (Å²) < 4.78 is 12.6. The molecule has 1 fully saturated rings. The van der Waals surface area contributed by atoms with Gasteiger partial charge < -0.3 is 9.47 Å². The Bertz CT molecular complexity index is 636. The molecule has 2 heteroatoms. The Hall–Kier alpha value is -1.38. The topological polar surface area (TPSA) is 18.5 Å². The van der Waals surface area contributed by atoms with Crippen molar-refractivity contribution in [1.82, 2.24) is 0 Å². The second-order valence-electron chi connectivity index (χ2n) is 6.43. The lowest BCUT2D eigenvalue weighted by atomic mass is 9.93. The van der Waals surface area contributed by atoms with Gasteiger partial charge in [-0.2, -0.15) is 0 Å². The van der Waals surface area contributed by atoms with E-state index in [1.807, 2.05) is 0 Å². The number of hydrogen-bond acceptors (Lipinski definition) is 2. The maximum Gasteiger partial charge on any atom is 0.192 e. The Morgan fingerprint density at radius 1 is 1.09 bits per heavy atom. The summed E-state index contributed by atoms with van der Waals surface area (Å²) in [5.74, 6) is -0.122. The number of rotatable bonds is 4. The average molecular weight is 298 g/mol. The van der Waals surface area contributed by atoms with E-state index >= 15 is 0 Å². The quantitative estimate of drug-likeness (QED) is 0.767. The highest BCUT2D eigenvalue weighted by atomic mass is 16.7. The van der Waals surface area contributed by atoms with E-state index in [1.54, 1.807) is 0 Å². The molecule has 1 aliphatic heterocycles. The van der Waals surface area contributed by atoms with Crippen LogP contribution in [-0.2, 0) is 15.3 Å². The minimum atomic E-state index is -0.629. The van der Waals surface area contributed by atoms with Crippen molar-refractivity contribution < 1.29 is 9.47 Å². The summed E-state index contributed by atoms with van der Waals surface area (Å²) in [4.78, 5) is 0. The molecule has 0 radical (unpaired) electrons. The molecule has 0 bridgehead atoms. The number of benzene rings is 2. The monoisotopic (exact) mass is 298 g/mol. The summed E-state index contributed by atoms with van der Waals surface area (Å²) in [6.07, 6.45) is 3.65. The third-order valence-corrected chi connectivity index (χ3v) is 4.85. The Kier molecular flexibility index (Phi) is 4.51. The zero-order valence-electron chi connectivity index (χ0n) is 13.8. The van der Waals surface area contributed by atoms with Crippen molar-refractivity contribution >= 4 is 10.8 Å². The Morgan fingerprint density at radius 3 is 2.59 bits per heavy atom. The zero-order chi connectivity index (χ0) is 15.6. The summed E-state index contributed by atoms with van der Waals surface area (Å²) in [6.45, 7) is 7.29. The van der Waals surface area contributed by atoms with E-state index in [0.29, 0.717) is 12.0 Å². The molecule has 0 amide bonds. The summed E-state index contributed by atoms with van der Waals surface area (Å²) in [6, 6.07) is 14.9. The molecule has 1 heterocycles. The predicted octanol–water partition coefficient (Wildman–Crippen LogP) is 5.25. The van der Waals surface area contributed by atoms with Crippen LogP contribution in [0.25, 0.3) is 10.8 Å². The first kappa shape index (κ1) is 15.5. The smallest absolute Gasteiger partial charge is 0.192 e. The molecule has 1 aliphatic rings. The molecule has 0 saturated carbocycles. The highest BCUT2D eigenvalue weighted by Gasteiger charge is 2.39. The fourth-order valence-corrected chi connectivity index (χ4v) is 3.38. The second-order valence-corrected chi connectivity index (χ2v) is 6.43. The lowest BCUT2D eigenvalue weighted by Crippen LogP contribution is -2.45. The van der Waals surface area contributed by atoms with Crippen molar-refractivity contribution in [1.29, 1.82) is 0 Å². The summed E-state index contributed by atoms with van der Waals surface area (Å²) in [7, 11) is 0. The first-order chi connectivity index (χ1) is 10.7. The van der Waals surface area contributed by atoms with Crippen LogP contribution < -0.4 is 0 Å². The largest absolute Gasteiger partial charge is 0.346 e. The molecule has 0 aliphatic carbocycles. The van der Waals surface area contributed by atoms with Gasteiger partial charge in [-0.25, -0.2) is 0 Å². The van der Waals surface area contributed by atoms with Crippen LogP contribution in [0.4, 0.5) is 0 Å². The highest BCUT2D eigenvalue weighted by molar-refractivity contribution is 5.83. The fourth-order valence-electron chi connectivity index (χ4n) is 3.38. The van der Waals surface area contributed by atoms with Crippen LogP contribution in [0.2, 0.25) is 0 Å². The third-order valence-electron chi connectivity index (χ3n) is 4.85. The first-order valence-electron chi connectivity index (χ1n) is 8.47. The van der Waals surface area contributed by atoms with Crippen LogP contribution >= 0.6 is 0 Å². The minimum Gasteiger partial charge on any atom is -0.346 e. The van der Waals surface area contributed by atoms with Gasteiger partial charge in [-0.05, 0) is 36.6 Å². The molecule has 3 rings (SSSR count). The molecule has 22 heavy (non-hydrogen) atoms. The van der Waals surface area contributed by atoms with Crippen LogP contribution in [0.15, 0.2) is 42.5 Å². The number of ether oxygens (including phenoxy) is 2. The molecule has 2 aromatic carbocycles. The van der Waals surface area contributed by atoms with Crippen LogP contribution in [0.1, 0.15) is 45.6 Å². The zero-order valence-corrected chi connectivity index (χ0v) is 13.8. The van der Waals surface area contributed by atoms with Gasteiger partial charge >= 0.3 is 0 Å². The van der Waals surface area contributed by atoms with Gasteiger partial charge in [0.15, 0.2) is 5.79 Å². The number of fused-ring (bicyclic) bond motifs is 1. The predicted molar refractivity (Wildman–Crippen MR) is 90.8 cm³/mol. The van der Waals surface area contributed by atoms with Crippen molar-refractivity contribution in [2.24, 2.45) is 5.92 Å². The van der Waals surface area contributed by atoms with E-state index in [1.165, 1.54) is 10.8 Å². The molecule has 118 valence electrons. The Labute approximate surface area is 133 Å². The van der Waals surface area contributed by atoms with E-state index in [4.69, 9.17) is 9.47 Å². The van der Waals surface area contributed by atoms with Crippen LogP contribution in [0, 0.1) is 5.92 Å². The van der Waals surface area contributed by atoms with Gasteiger partial charge in [-0.3, -0.25) is 0 Å². The molecular formula is C20H26O2. The normalized spacial score (nSPS) is 28.9. The standard InChI is InChI=1S/C20H26O2/c1-4-8-19-15(5-2)14-21-20(3,22-19)18-12-11-16-9-6-7-10-17(16)13-18/h6-7,9-13,15,19H,4-5,8,14H2,1-3H3/t15-,19-,20+/m0/s1. The highest BCUT2D eigenvalue weighted by Crippen LogP contribution is 2.38. The molecule has 2 nitrogen and oxygen atoms in total. The SMILES string of the molecule is CCC[C@@H]1O[C@](C)(c2ccc3ccccc3c2)OC[C@@H]1CC. The van der Waals surface area contributed by atoms with Gasteiger partial charge in [0, 0.05) is 11.5 Å². The van der Waals surface area contributed by atoms with Gasteiger partial charge in [0.25, 0.3) is 0 Å². The summed E-state index contributed by atoms with van der Waals surface area (Å²) in [5.41, 5.74) is 1.11. The van der Waals surface area contributed by atoms with Gasteiger partial charge in [0.05, 0.1) is 12.7 Å². The maximum atomic E-state index is 6.43. The molecule has 0 aromatic heterocycles. The Morgan fingerprint density at radius 2 is 1.86 bits per heavy atom. The molecule has 3 atom stereocenters. The van der Waals surface area contributed by atoms with Crippen molar-refractivity contribution in [3.63, 3.8) is 0 Å². The van der Waals surface area contributed by atoms with Crippen molar-refractivity contribution in [3.05, 3.63) is 48.0 Å². The number of hydrogen-bond donors (Lipinski definition) is 0. The summed E-state index contributed by atoms with van der Waals surface area (Å²) >= 11 is 0. The average Bonchev–Trinajstić information content (AvgIpc) is 2.55. The van der Waals surface area contributed by atoms with E-state index in [2.05, 4.69) is 63.2 Å². The van der Waals surface area contributed by atoms with E-state index < -0.39 is 5.79 Å². The fraction of sp³-hybridized carbons (Fsp3) is 0.500. The van der Waals surface area contributed by atoms with E-state index in [0.717, 1.165) is 31.4 Å². The Balaban J connectivity index is 1.90. The second kappa shape index (κ2) is 6.39. The van der Waals surface area contributed by atoms with E-state index in [-0.39, 0.29) is 0 Å². The lowest BCUT2D eigenvalue weighted by Gasteiger charge is -2.43.